The molecule has 1 aliphatic heterocycles. The summed E-state index contributed by atoms with van der Waals surface area (Å²) in [6.45, 7) is 2.12. The SMILES string of the molecule is CCc1ccnc2c(N3C=CCC3=O)cc(C(=O)N[C@@H](Cc3ccccc3)[C@H](O)CNCc3cccc(C(F)(F)F)c3)cc12. The molecule has 0 bridgehead atoms. The Balaban J connectivity index is 1.38. The Hall–Kier alpha value is -4.54. The van der Waals surface area contributed by atoms with Crippen LogP contribution in [0.3, 0.4) is 0 Å². The second kappa shape index (κ2) is 13.4. The first kappa shape index (κ1) is 30.9. The minimum absolute atomic E-state index is 0.0218. The molecule has 0 radical (unpaired) electrons. The van der Waals surface area contributed by atoms with Crippen molar-refractivity contribution < 1.29 is 27.9 Å². The zero-order chi connectivity index (χ0) is 31.3. The number of aryl methyl sites for hydroxylation is 1. The maximum absolute atomic E-state index is 13.8. The number of halogens is 3. The van der Waals surface area contributed by atoms with Crippen LogP contribution in [0.2, 0.25) is 0 Å². The van der Waals surface area contributed by atoms with E-state index in [0.717, 1.165) is 28.6 Å². The highest BCUT2D eigenvalue weighted by atomic mass is 19.4. The van der Waals surface area contributed by atoms with Crippen LogP contribution in [-0.2, 0) is 30.4 Å². The second-order valence-corrected chi connectivity index (χ2v) is 10.7. The molecule has 0 unspecified atom stereocenters. The van der Waals surface area contributed by atoms with Crippen molar-refractivity contribution in [1.29, 1.82) is 0 Å². The molecular weight excluding hydrogens is 569 g/mol. The Bertz CT molecular complexity index is 1670. The monoisotopic (exact) mass is 602 g/mol. The van der Waals surface area contributed by atoms with Crippen LogP contribution < -0.4 is 15.5 Å². The van der Waals surface area contributed by atoms with Crippen LogP contribution in [0.15, 0.2) is 91.3 Å². The number of fused-ring (bicyclic) bond motifs is 1. The van der Waals surface area contributed by atoms with Gasteiger partial charge in [0.25, 0.3) is 5.91 Å². The van der Waals surface area contributed by atoms with Gasteiger partial charge in [0.05, 0.1) is 28.9 Å². The van der Waals surface area contributed by atoms with Crippen molar-refractivity contribution in [2.24, 2.45) is 0 Å². The van der Waals surface area contributed by atoms with E-state index in [-0.39, 0.29) is 25.4 Å². The van der Waals surface area contributed by atoms with Crippen molar-refractivity contribution in [2.75, 3.05) is 11.4 Å². The van der Waals surface area contributed by atoms with Crippen LogP contribution in [0.4, 0.5) is 18.9 Å². The van der Waals surface area contributed by atoms with E-state index in [2.05, 4.69) is 15.6 Å². The lowest BCUT2D eigenvalue weighted by atomic mass is 9.99. The van der Waals surface area contributed by atoms with Gasteiger partial charge >= 0.3 is 6.18 Å². The first-order valence-corrected chi connectivity index (χ1v) is 14.4. The Morgan fingerprint density at radius 1 is 1.05 bits per heavy atom. The van der Waals surface area contributed by atoms with Crippen LogP contribution in [0.25, 0.3) is 10.9 Å². The number of hydrogen-bond acceptors (Lipinski definition) is 5. The number of alkyl halides is 3. The van der Waals surface area contributed by atoms with Gasteiger partial charge in [-0.05, 0) is 53.8 Å². The molecule has 4 aromatic rings. The minimum Gasteiger partial charge on any atom is -0.390 e. The van der Waals surface area contributed by atoms with E-state index in [1.807, 2.05) is 43.3 Å². The van der Waals surface area contributed by atoms with Crippen molar-refractivity contribution in [3.63, 3.8) is 0 Å². The number of aromatic nitrogens is 1. The van der Waals surface area contributed by atoms with Gasteiger partial charge in [-0.1, -0.05) is 61.5 Å². The molecule has 3 aromatic carbocycles. The highest BCUT2D eigenvalue weighted by Gasteiger charge is 2.30. The van der Waals surface area contributed by atoms with E-state index in [1.54, 1.807) is 36.7 Å². The number of nitrogens with zero attached hydrogens (tertiary/aromatic N) is 2. The lowest BCUT2D eigenvalue weighted by molar-refractivity contribution is -0.137. The molecule has 7 nitrogen and oxygen atoms in total. The minimum atomic E-state index is -4.45. The van der Waals surface area contributed by atoms with Gasteiger partial charge in [-0.2, -0.15) is 13.2 Å². The topological polar surface area (TPSA) is 94.6 Å². The molecule has 0 aliphatic carbocycles. The Morgan fingerprint density at radius 2 is 1.82 bits per heavy atom. The molecule has 10 heteroatoms. The van der Waals surface area contributed by atoms with Crippen LogP contribution in [-0.4, -0.2) is 40.6 Å². The first-order chi connectivity index (χ1) is 21.1. The fourth-order valence-corrected chi connectivity index (χ4v) is 5.34. The lowest BCUT2D eigenvalue weighted by Gasteiger charge is -2.25. The normalized spacial score (nSPS) is 14.7. The molecule has 44 heavy (non-hydrogen) atoms. The highest BCUT2D eigenvalue weighted by molar-refractivity contribution is 6.09. The molecule has 0 saturated carbocycles. The third kappa shape index (κ3) is 7.15. The van der Waals surface area contributed by atoms with E-state index in [4.69, 9.17) is 0 Å². The molecule has 0 spiro atoms. The predicted molar refractivity (Wildman–Crippen MR) is 163 cm³/mol. The molecule has 3 N–H and O–H groups in total. The summed E-state index contributed by atoms with van der Waals surface area (Å²) in [5, 5.41) is 18.0. The number of carbonyl (C=O) groups is 2. The summed E-state index contributed by atoms with van der Waals surface area (Å²) in [4.78, 5) is 32.4. The van der Waals surface area contributed by atoms with Gasteiger partial charge in [-0.3, -0.25) is 19.5 Å². The highest BCUT2D eigenvalue weighted by Crippen LogP contribution is 2.32. The van der Waals surface area contributed by atoms with Gasteiger partial charge in [-0.15, -0.1) is 0 Å². The number of pyridine rings is 1. The number of rotatable bonds is 11. The molecule has 2 atom stereocenters. The van der Waals surface area contributed by atoms with Crippen molar-refractivity contribution in [1.82, 2.24) is 15.6 Å². The maximum Gasteiger partial charge on any atom is 0.416 e. The average molecular weight is 603 g/mol. The van der Waals surface area contributed by atoms with Gasteiger partial charge in [-0.25, -0.2) is 0 Å². The largest absolute Gasteiger partial charge is 0.416 e. The predicted octanol–water partition coefficient (Wildman–Crippen LogP) is 5.56. The zero-order valence-electron chi connectivity index (χ0n) is 24.1. The van der Waals surface area contributed by atoms with E-state index in [0.29, 0.717) is 35.2 Å². The Morgan fingerprint density at radius 3 is 2.52 bits per heavy atom. The molecule has 228 valence electrons. The molecule has 1 aliphatic rings. The molecular formula is C34H33F3N4O3. The van der Waals surface area contributed by atoms with Gasteiger partial charge < -0.3 is 15.7 Å². The van der Waals surface area contributed by atoms with Crippen molar-refractivity contribution in [2.45, 2.75) is 51.1 Å². The van der Waals surface area contributed by atoms with Crippen LogP contribution in [0, 0.1) is 0 Å². The second-order valence-electron chi connectivity index (χ2n) is 10.7. The number of amides is 2. The molecule has 2 heterocycles. The number of benzene rings is 3. The van der Waals surface area contributed by atoms with Crippen molar-refractivity contribution in [3.05, 3.63) is 119 Å². The third-order valence-corrected chi connectivity index (χ3v) is 7.65. The lowest BCUT2D eigenvalue weighted by Crippen LogP contribution is -2.48. The smallest absolute Gasteiger partial charge is 0.390 e. The Kier molecular flexibility index (Phi) is 9.41. The molecule has 1 aromatic heterocycles. The average Bonchev–Trinajstić information content (AvgIpc) is 3.45. The fraction of sp³-hybridized carbons (Fsp3) is 0.265. The summed E-state index contributed by atoms with van der Waals surface area (Å²) in [5.41, 5.74) is 2.97. The van der Waals surface area contributed by atoms with Gasteiger partial charge in [0.1, 0.15) is 0 Å². The van der Waals surface area contributed by atoms with E-state index < -0.39 is 29.8 Å². The van der Waals surface area contributed by atoms with Gasteiger partial charge in [0.2, 0.25) is 5.91 Å². The van der Waals surface area contributed by atoms with Crippen molar-refractivity contribution in [3.8, 4) is 0 Å². The Labute approximate surface area is 253 Å². The number of anilines is 1. The van der Waals surface area contributed by atoms with Crippen LogP contribution >= 0.6 is 0 Å². The summed E-state index contributed by atoms with van der Waals surface area (Å²) in [6, 6.07) is 18.9. The van der Waals surface area contributed by atoms with E-state index in [1.165, 1.54) is 11.0 Å². The van der Waals surface area contributed by atoms with Crippen molar-refractivity contribution >= 4 is 28.4 Å². The molecule has 0 saturated heterocycles. The fourth-order valence-electron chi connectivity index (χ4n) is 5.34. The number of nitrogens with one attached hydrogen (secondary N) is 2. The summed E-state index contributed by atoms with van der Waals surface area (Å²) >= 11 is 0. The molecule has 0 fully saturated rings. The molecule has 2 amide bonds. The standard InChI is InChI=1S/C34H33F3N4O3/c1-2-24-13-14-39-32-27(24)18-25(19-29(32)41-15-7-12-31(41)43)33(44)40-28(17-22-8-4-3-5-9-22)30(42)21-38-20-23-10-6-11-26(16-23)34(35,36)37/h3-11,13-16,18-19,28,30,38,42H,2,12,17,20-21H2,1H3,(H,40,44)/t28-,30+/m0/s1. The summed E-state index contributed by atoms with van der Waals surface area (Å²) in [5.74, 6) is -0.565. The van der Waals surface area contributed by atoms with E-state index >= 15 is 0 Å². The number of aliphatic hydroxyl groups is 1. The number of hydrogen-bond donors (Lipinski definition) is 3. The summed E-state index contributed by atoms with van der Waals surface area (Å²) < 4.78 is 39.4. The number of aliphatic hydroxyl groups excluding tert-OH is 1. The first-order valence-electron chi connectivity index (χ1n) is 14.4. The van der Waals surface area contributed by atoms with Crippen LogP contribution in [0.1, 0.15) is 46.0 Å². The zero-order valence-corrected chi connectivity index (χ0v) is 24.1. The molecule has 5 rings (SSSR count). The third-order valence-electron chi connectivity index (χ3n) is 7.65. The summed E-state index contributed by atoms with van der Waals surface area (Å²) in [6.07, 6.45) is 0.864. The van der Waals surface area contributed by atoms with Crippen LogP contribution in [0.5, 0.6) is 0 Å². The number of carbonyl (C=O) groups excluding carboxylic acids is 2. The summed E-state index contributed by atoms with van der Waals surface area (Å²) in [7, 11) is 0. The van der Waals surface area contributed by atoms with Gasteiger partial charge in [0.15, 0.2) is 0 Å². The van der Waals surface area contributed by atoms with E-state index in [9.17, 15) is 27.9 Å². The maximum atomic E-state index is 13.8. The van der Waals surface area contributed by atoms with Gasteiger partial charge in [0, 0.05) is 42.9 Å². The quantitative estimate of drug-likeness (QED) is 0.209.